The van der Waals surface area contributed by atoms with Crippen molar-refractivity contribution in [3.63, 3.8) is 0 Å². The molecule has 6 heteroatoms. The Morgan fingerprint density at radius 1 is 1.03 bits per heavy atom. The van der Waals surface area contributed by atoms with Crippen LogP contribution in [0.5, 0.6) is 0 Å². The number of benzene rings is 1. The molecule has 0 aliphatic heterocycles. The summed E-state index contributed by atoms with van der Waals surface area (Å²) in [5.41, 5.74) is 4.18. The summed E-state index contributed by atoms with van der Waals surface area (Å²) in [7, 11) is 0. The van der Waals surface area contributed by atoms with Gasteiger partial charge in [-0.05, 0) is 54.3 Å². The van der Waals surface area contributed by atoms with Gasteiger partial charge in [0, 0.05) is 36.6 Å². The maximum atomic E-state index is 14.3. The number of rotatable bonds is 5. The van der Waals surface area contributed by atoms with Crippen molar-refractivity contribution in [2.24, 2.45) is 0 Å². The molecule has 0 bridgehead atoms. The van der Waals surface area contributed by atoms with E-state index < -0.39 is 0 Å². The van der Waals surface area contributed by atoms with Crippen molar-refractivity contribution < 1.29 is 9.18 Å². The summed E-state index contributed by atoms with van der Waals surface area (Å²) >= 11 is 0. The SMILES string of the molecule is O=C1Cc2ccc(-c3ccc(NCC4(c5ncccc5F)CCC4)nn3)cc2C1. The highest BCUT2D eigenvalue weighted by Gasteiger charge is 2.41. The van der Waals surface area contributed by atoms with Crippen LogP contribution in [0.25, 0.3) is 11.3 Å². The highest BCUT2D eigenvalue weighted by molar-refractivity contribution is 5.88. The Hall–Kier alpha value is -3.15. The number of anilines is 1. The van der Waals surface area contributed by atoms with Gasteiger partial charge in [-0.25, -0.2) is 4.39 Å². The van der Waals surface area contributed by atoms with E-state index in [1.54, 1.807) is 12.3 Å². The van der Waals surface area contributed by atoms with Crippen LogP contribution in [0.4, 0.5) is 10.2 Å². The third-order valence-corrected chi connectivity index (χ3v) is 6.12. The number of hydrogen-bond acceptors (Lipinski definition) is 5. The van der Waals surface area contributed by atoms with Gasteiger partial charge in [-0.3, -0.25) is 9.78 Å². The number of hydrogen-bond donors (Lipinski definition) is 1. The van der Waals surface area contributed by atoms with Crippen LogP contribution in [-0.4, -0.2) is 27.5 Å². The van der Waals surface area contributed by atoms with Crippen LogP contribution < -0.4 is 5.32 Å². The van der Waals surface area contributed by atoms with Crippen LogP contribution in [0.2, 0.25) is 0 Å². The van der Waals surface area contributed by atoms with Crippen LogP contribution in [0.1, 0.15) is 36.1 Å². The Labute approximate surface area is 168 Å². The molecule has 0 atom stereocenters. The second-order valence-electron chi connectivity index (χ2n) is 8.00. The topological polar surface area (TPSA) is 67.8 Å². The average Bonchev–Trinajstić information content (AvgIpc) is 3.08. The minimum absolute atomic E-state index is 0.245. The molecule has 0 spiro atoms. The summed E-state index contributed by atoms with van der Waals surface area (Å²) in [5.74, 6) is 0.676. The number of aromatic nitrogens is 3. The van der Waals surface area contributed by atoms with Crippen molar-refractivity contribution in [3.05, 3.63) is 71.3 Å². The normalized spacial score (nSPS) is 16.9. The molecule has 146 valence electrons. The van der Waals surface area contributed by atoms with Gasteiger partial charge in [-0.1, -0.05) is 18.6 Å². The van der Waals surface area contributed by atoms with Gasteiger partial charge in [0.05, 0.1) is 11.4 Å². The molecule has 0 amide bonds. The third kappa shape index (κ3) is 3.28. The maximum Gasteiger partial charge on any atom is 0.148 e. The predicted molar refractivity (Wildman–Crippen MR) is 108 cm³/mol. The van der Waals surface area contributed by atoms with Gasteiger partial charge in [0.2, 0.25) is 0 Å². The van der Waals surface area contributed by atoms with Gasteiger partial charge in [-0.15, -0.1) is 10.2 Å². The monoisotopic (exact) mass is 388 g/mol. The number of ketones is 1. The lowest BCUT2D eigenvalue weighted by Crippen LogP contribution is -2.42. The molecule has 0 unspecified atom stereocenters. The van der Waals surface area contributed by atoms with Crippen LogP contribution in [0, 0.1) is 5.82 Å². The first kappa shape index (κ1) is 17.9. The second kappa shape index (κ2) is 7.03. The molecule has 1 fully saturated rings. The minimum atomic E-state index is -0.280. The molecule has 2 aliphatic rings. The largest absolute Gasteiger partial charge is 0.368 e. The lowest BCUT2D eigenvalue weighted by molar-refractivity contribution is -0.117. The standard InChI is InChI=1S/C23H21FN4O/c24-19-3-1-10-25-22(19)23(8-2-9-23)14-26-21-7-6-20(27-28-21)16-5-4-15-12-18(29)13-17(15)11-16/h1,3-7,10-11H,2,8-9,12-14H2,(H,26,28). The first-order chi connectivity index (χ1) is 14.1. The zero-order chi connectivity index (χ0) is 19.8. The van der Waals surface area contributed by atoms with Gasteiger partial charge in [-0.2, -0.15) is 0 Å². The van der Waals surface area contributed by atoms with E-state index in [-0.39, 0.29) is 17.0 Å². The first-order valence-electron chi connectivity index (χ1n) is 9.95. The fourth-order valence-electron chi connectivity index (χ4n) is 4.33. The van der Waals surface area contributed by atoms with E-state index >= 15 is 0 Å². The van der Waals surface area contributed by atoms with Crippen LogP contribution in [0.3, 0.4) is 0 Å². The third-order valence-electron chi connectivity index (χ3n) is 6.12. The molecule has 2 heterocycles. The quantitative estimate of drug-likeness (QED) is 0.718. The summed E-state index contributed by atoms with van der Waals surface area (Å²) < 4.78 is 14.3. The van der Waals surface area contributed by atoms with Crippen molar-refractivity contribution in [2.45, 2.75) is 37.5 Å². The van der Waals surface area contributed by atoms with Crippen molar-refractivity contribution >= 4 is 11.6 Å². The minimum Gasteiger partial charge on any atom is -0.368 e. The lowest BCUT2D eigenvalue weighted by atomic mass is 9.66. The Morgan fingerprint density at radius 2 is 1.90 bits per heavy atom. The predicted octanol–water partition coefficient (Wildman–Crippen LogP) is 3.88. The molecule has 5 rings (SSSR count). The van der Waals surface area contributed by atoms with Crippen molar-refractivity contribution in [3.8, 4) is 11.3 Å². The molecule has 0 saturated heterocycles. The summed E-state index contributed by atoms with van der Waals surface area (Å²) in [6.07, 6.45) is 5.58. The molecule has 5 nitrogen and oxygen atoms in total. The van der Waals surface area contributed by atoms with Gasteiger partial charge < -0.3 is 5.32 Å². The Bertz CT molecular complexity index is 1080. The fourth-order valence-corrected chi connectivity index (χ4v) is 4.33. The van der Waals surface area contributed by atoms with E-state index in [0.29, 0.717) is 30.9 Å². The number of fused-ring (bicyclic) bond motifs is 1. The Kier molecular flexibility index (Phi) is 4.34. The lowest BCUT2D eigenvalue weighted by Gasteiger charge is -2.41. The van der Waals surface area contributed by atoms with E-state index in [0.717, 1.165) is 41.6 Å². The van der Waals surface area contributed by atoms with E-state index in [1.165, 1.54) is 6.07 Å². The number of nitrogens with one attached hydrogen (secondary N) is 1. The van der Waals surface area contributed by atoms with E-state index in [9.17, 15) is 9.18 Å². The zero-order valence-electron chi connectivity index (χ0n) is 16.0. The number of carbonyl (C=O) groups is 1. The molecule has 1 N–H and O–H groups in total. The van der Waals surface area contributed by atoms with Crippen LogP contribution in [0.15, 0.2) is 48.7 Å². The fraction of sp³-hybridized carbons (Fsp3) is 0.304. The summed E-state index contributed by atoms with van der Waals surface area (Å²) in [6.45, 7) is 0.579. The highest BCUT2D eigenvalue weighted by atomic mass is 19.1. The van der Waals surface area contributed by atoms with E-state index in [4.69, 9.17) is 0 Å². The van der Waals surface area contributed by atoms with Gasteiger partial charge >= 0.3 is 0 Å². The first-order valence-corrected chi connectivity index (χ1v) is 9.95. The van der Waals surface area contributed by atoms with Crippen molar-refractivity contribution in [1.29, 1.82) is 0 Å². The molecule has 1 saturated carbocycles. The molecule has 29 heavy (non-hydrogen) atoms. The molecule has 3 aromatic rings. The summed E-state index contributed by atoms with van der Waals surface area (Å²) in [5, 5.41) is 12.0. The van der Waals surface area contributed by atoms with Crippen molar-refractivity contribution in [1.82, 2.24) is 15.2 Å². The number of pyridine rings is 1. The molecule has 2 aromatic heterocycles. The summed E-state index contributed by atoms with van der Waals surface area (Å²) in [6, 6.07) is 12.9. The van der Waals surface area contributed by atoms with Crippen LogP contribution >= 0.6 is 0 Å². The molecular formula is C23H21FN4O. The molecule has 1 aromatic carbocycles. The average molecular weight is 388 g/mol. The van der Waals surface area contributed by atoms with E-state index in [1.807, 2.05) is 30.3 Å². The summed E-state index contributed by atoms with van der Waals surface area (Å²) in [4.78, 5) is 15.9. The van der Waals surface area contributed by atoms with E-state index in [2.05, 4.69) is 20.5 Å². The number of Topliss-reactive ketones (excluding diaryl/α,β-unsaturated/α-hetero) is 1. The van der Waals surface area contributed by atoms with Crippen LogP contribution in [-0.2, 0) is 23.1 Å². The second-order valence-corrected chi connectivity index (χ2v) is 8.00. The molecule has 0 radical (unpaired) electrons. The maximum absolute atomic E-state index is 14.3. The molecule has 2 aliphatic carbocycles. The van der Waals surface area contributed by atoms with Crippen molar-refractivity contribution in [2.75, 3.05) is 11.9 Å². The highest BCUT2D eigenvalue weighted by Crippen LogP contribution is 2.43. The zero-order valence-corrected chi connectivity index (χ0v) is 16.0. The van der Waals surface area contributed by atoms with Gasteiger partial charge in [0.1, 0.15) is 17.4 Å². The molecular weight excluding hydrogens is 367 g/mol. The Balaban J connectivity index is 1.31. The smallest absolute Gasteiger partial charge is 0.148 e. The van der Waals surface area contributed by atoms with Gasteiger partial charge in [0.15, 0.2) is 0 Å². The Morgan fingerprint density at radius 3 is 2.62 bits per heavy atom. The number of carbonyl (C=O) groups excluding carboxylic acids is 1. The number of halogens is 1. The number of nitrogens with zero attached hydrogens (tertiary/aromatic N) is 3. The van der Waals surface area contributed by atoms with Gasteiger partial charge in [0.25, 0.3) is 0 Å².